The number of hydrogen-bond acceptors (Lipinski definition) is 1. The van der Waals surface area contributed by atoms with Gasteiger partial charge in [-0.1, -0.05) is 53.8 Å². The fraction of sp³-hybridized carbons (Fsp3) is 0.429. The molecular formula is C21H28OSi2. The second-order valence-corrected chi connectivity index (χ2v) is 17.7. The largest absolute Gasteiger partial charge is 0.417 e. The Morgan fingerprint density at radius 3 is 2.71 bits per heavy atom. The van der Waals surface area contributed by atoms with Gasteiger partial charge in [-0.3, -0.25) is 0 Å². The molecule has 126 valence electrons. The summed E-state index contributed by atoms with van der Waals surface area (Å²) in [7, 11) is -2.52. The first-order valence-electron chi connectivity index (χ1n) is 9.18. The number of fused-ring (bicyclic) bond motifs is 2. The molecular weight excluding hydrogens is 324 g/mol. The van der Waals surface area contributed by atoms with Crippen LogP contribution in [0.2, 0.25) is 32.7 Å². The zero-order chi connectivity index (χ0) is 17.1. The molecule has 1 aromatic carbocycles. The van der Waals surface area contributed by atoms with Crippen LogP contribution >= 0.6 is 0 Å². The van der Waals surface area contributed by atoms with E-state index in [1.165, 1.54) is 23.1 Å². The van der Waals surface area contributed by atoms with E-state index in [0.717, 1.165) is 19.4 Å². The molecule has 0 radical (unpaired) electrons. The van der Waals surface area contributed by atoms with E-state index in [9.17, 15) is 0 Å². The first-order chi connectivity index (χ1) is 11.3. The van der Waals surface area contributed by atoms with Crippen molar-refractivity contribution in [3.05, 3.63) is 57.8 Å². The second kappa shape index (κ2) is 5.42. The van der Waals surface area contributed by atoms with Crippen LogP contribution in [0.5, 0.6) is 0 Å². The molecule has 0 amide bonds. The third kappa shape index (κ3) is 2.73. The lowest BCUT2D eigenvalue weighted by molar-refractivity contribution is 0.316. The zero-order valence-electron chi connectivity index (χ0n) is 15.6. The first kappa shape index (κ1) is 16.3. The standard InChI is InChI=1S/C21H28OSi2/c1-23(2,3)22-12-11-15-9-10-16(13-15)18-8-6-7-17-14-19-21(20(17)18)24(19,4)5/h6-9,13H,10-12,14H2,1-5H3. The van der Waals surface area contributed by atoms with Crippen LogP contribution < -0.4 is 0 Å². The lowest BCUT2D eigenvalue weighted by atomic mass is 9.96. The van der Waals surface area contributed by atoms with Gasteiger partial charge in [-0.25, -0.2) is 0 Å². The summed E-state index contributed by atoms with van der Waals surface area (Å²) in [5.41, 5.74) is 7.66. The predicted molar refractivity (Wildman–Crippen MR) is 109 cm³/mol. The van der Waals surface area contributed by atoms with E-state index in [1.54, 1.807) is 21.5 Å². The Balaban J connectivity index is 1.52. The Morgan fingerprint density at radius 2 is 1.96 bits per heavy atom. The van der Waals surface area contributed by atoms with Gasteiger partial charge in [-0.15, -0.1) is 0 Å². The maximum absolute atomic E-state index is 6.02. The molecule has 1 heterocycles. The summed E-state index contributed by atoms with van der Waals surface area (Å²) in [6.45, 7) is 12.7. The smallest absolute Gasteiger partial charge is 0.183 e. The van der Waals surface area contributed by atoms with Crippen molar-refractivity contribution >= 4 is 27.2 Å². The van der Waals surface area contributed by atoms with Crippen LogP contribution in [-0.2, 0) is 10.8 Å². The third-order valence-electron chi connectivity index (χ3n) is 5.60. The van der Waals surface area contributed by atoms with E-state index in [1.807, 2.05) is 0 Å². The van der Waals surface area contributed by atoms with Gasteiger partial charge in [0.1, 0.15) is 8.07 Å². The molecule has 1 aliphatic heterocycles. The fourth-order valence-corrected chi connectivity index (χ4v) is 8.56. The molecule has 0 spiro atoms. The molecule has 0 bridgehead atoms. The van der Waals surface area contributed by atoms with E-state index in [0.29, 0.717) is 0 Å². The van der Waals surface area contributed by atoms with Crippen LogP contribution in [0.4, 0.5) is 0 Å². The predicted octanol–water partition coefficient (Wildman–Crippen LogP) is 5.75. The highest BCUT2D eigenvalue weighted by atomic mass is 28.4. The molecule has 0 saturated carbocycles. The van der Waals surface area contributed by atoms with Crippen molar-refractivity contribution in [2.45, 2.75) is 52.0 Å². The van der Waals surface area contributed by atoms with Crippen molar-refractivity contribution in [2.75, 3.05) is 6.61 Å². The normalized spacial score (nSPS) is 20.7. The minimum atomic E-state index is -1.39. The molecule has 24 heavy (non-hydrogen) atoms. The lowest BCUT2D eigenvalue weighted by Crippen LogP contribution is -2.25. The van der Waals surface area contributed by atoms with E-state index in [-0.39, 0.29) is 0 Å². The van der Waals surface area contributed by atoms with E-state index >= 15 is 0 Å². The van der Waals surface area contributed by atoms with Gasteiger partial charge in [0.2, 0.25) is 0 Å². The van der Waals surface area contributed by atoms with E-state index < -0.39 is 16.4 Å². The van der Waals surface area contributed by atoms with Crippen LogP contribution in [0.1, 0.15) is 29.5 Å². The summed E-state index contributed by atoms with van der Waals surface area (Å²) < 4.78 is 6.02. The molecule has 3 aliphatic rings. The summed E-state index contributed by atoms with van der Waals surface area (Å²) in [5, 5.41) is 3.57. The summed E-state index contributed by atoms with van der Waals surface area (Å²) in [5.74, 6) is 0. The van der Waals surface area contributed by atoms with Gasteiger partial charge < -0.3 is 4.43 Å². The average Bonchev–Trinajstić information content (AvgIpc) is 2.92. The van der Waals surface area contributed by atoms with Crippen LogP contribution in [0.25, 0.3) is 10.8 Å². The summed E-state index contributed by atoms with van der Waals surface area (Å²) in [4.78, 5) is 0. The molecule has 2 aliphatic carbocycles. The van der Waals surface area contributed by atoms with Crippen molar-refractivity contribution in [1.29, 1.82) is 0 Å². The zero-order valence-corrected chi connectivity index (χ0v) is 17.6. The Kier molecular flexibility index (Phi) is 3.68. The molecule has 0 atom stereocenters. The van der Waals surface area contributed by atoms with E-state index in [4.69, 9.17) is 4.43 Å². The Labute approximate surface area is 148 Å². The lowest BCUT2D eigenvalue weighted by Gasteiger charge is -2.17. The van der Waals surface area contributed by atoms with Crippen LogP contribution in [-0.4, -0.2) is 23.0 Å². The topological polar surface area (TPSA) is 9.23 Å². The highest BCUT2D eigenvalue weighted by Crippen LogP contribution is 2.57. The summed E-state index contributed by atoms with van der Waals surface area (Å²) >= 11 is 0. The minimum Gasteiger partial charge on any atom is -0.417 e. The number of allylic oxidation sites excluding steroid dienone is 4. The monoisotopic (exact) mass is 352 g/mol. The highest BCUT2D eigenvalue weighted by molar-refractivity contribution is 7.13. The Bertz CT molecular complexity index is 804. The van der Waals surface area contributed by atoms with Crippen molar-refractivity contribution < 1.29 is 4.43 Å². The van der Waals surface area contributed by atoms with Gasteiger partial charge in [0.15, 0.2) is 8.32 Å². The maximum atomic E-state index is 6.02. The minimum absolute atomic E-state index is 0.869. The molecule has 0 saturated heterocycles. The highest BCUT2D eigenvalue weighted by Gasteiger charge is 2.52. The van der Waals surface area contributed by atoms with Crippen LogP contribution in [0.15, 0.2) is 41.1 Å². The first-order valence-corrected chi connectivity index (χ1v) is 15.6. The van der Waals surface area contributed by atoms with Crippen molar-refractivity contribution in [2.24, 2.45) is 0 Å². The van der Waals surface area contributed by atoms with Gasteiger partial charge >= 0.3 is 0 Å². The molecule has 0 N–H and O–H groups in total. The van der Waals surface area contributed by atoms with Crippen molar-refractivity contribution in [1.82, 2.24) is 0 Å². The quantitative estimate of drug-likeness (QED) is 0.613. The average molecular weight is 353 g/mol. The van der Waals surface area contributed by atoms with Gasteiger partial charge in [0, 0.05) is 6.61 Å². The van der Waals surface area contributed by atoms with Crippen molar-refractivity contribution in [3.63, 3.8) is 0 Å². The third-order valence-corrected chi connectivity index (χ3v) is 10.2. The number of rotatable bonds is 5. The summed E-state index contributed by atoms with van der Waals surface area (Å²) in [6.07, 6.45) is 8.20. The second-order valence-electron chi connectivity index (χ2n) is 8.86. The van der Waals surface area contributed by atoms with Gasteiger partial charge in [0.05, 0.1) is 0 Å². The molecule has 3 heteroatoms. The van der Waals surface area contributed by atoms with E-state index in [2.05, 4.69) is 63.1 Å². The van der Waals surface area contributed by atoms with Crippen LogP contribution in [0.3, 0.4) is 0 Å². The maximum Gasteiger partial charge on any atom is 0.183 e. The van der Waals surface area contributed by atoms with Crippen molar-refractivity contribution in [3.8, 4) is 0 Å². The Morgan fingerprint density at radius 1 is 1.17 bits per heavy atom. The molecule has 0 aromatic heterocycles. The summed E-state index contributed by atoms with van der Waals surface area (Å²) in [6, 6.07) is 6.93. The van der Waals surface area contributed by atoms with Gasteiger partial charge in [-0.2, -0.15) is 0 Å². The van der Waals surface area contributed by atoms with Crippen LogP contribution in [0, 0.1) is 0 Å². The van der Waals surface area contributed by atoms with Gasteiger partial charge in [-0.05, 0) is 66.7 Å². The fourth-order valence-electron chi connectivity index (χ4n) is 4.24. The SMILES string of the molecule is C[Si](C)(C)OCCC1=CCC(c2cccc3c2C2=C(C3)[Si]2(C)C)=C1. The molecule has 0 fully saturated rings. The molecule has 1 aromatic rings. The molecule has 4 rings (SSSR count). The number of hydrogen-bond donors (Lipinski definition) is 0. The molecule has 1 nitrogen and oxygen atoms in total. The molecule has 0 unspecified atom stereocenters. The Hall–Kier alpha value is -1.17. The van der Waals surface area contributed by atoms with Gasteiger partial charge in [0.25, 0.3) is 0 Å². The number of benzene rings is 1.